The molecular weight excluding hydrogens is 295 g/mol. The number of nitrogens with zero attached hydrogens (tertiary/aromatic N) is 1. The molecule has 7 heteroatoms. The van der Waals surface area contributed by atoms with Crippen LogP contribution in [0.1, 0.15) is 19.8 Å². The topological polar surface area (TPSA) is 63.4 Å². The fourth-order valence-electron chi connectivity index (χ4n) is 1.48. The van der Waals surface area contributed by atoms with Gasteiger partial charge in [-0.05, 0) is 18.6 Å². The first-order valence-electron chi connectivity index (χ1n) is 5.51. The van der Waals surface area contributed by atoms with Gasteiger partial charge in [-0.15, -0.1) is 0 Å². The van der Waals surface area contributed by atoms with Gasteiger partial charge in [0.05, 0.1) is 10.0 Å². The summed E-state index contributed by atoms with van der Waals surface area (Å²) in [6, 6.07) is 2.77. The molecule has 0 aliphatic carbocycles. The minimum Gasteiger partial charge on any atom is -0.399 e. The SMILES string of the molecule is CCCCN(C)S(=O)(=O)c1c(Cl)cc(N)cc1Cl. The van der Waals surface area contributed by atoms with Gasteiger partial charge in [0.1, 0.15) is 4.90 Å². The molecule has 0 heterocycles. The number of rotatable bonds is 5. The molecule has 0 fully saturated rings. The highest BCUT2D eigenvalue weighted by molar-refractivity contribution is 7.89. The number of nitrogen functional groups attached to an aromatic ring is 1. The Balaban J connectivity index is 3.20. The average molecular weight is 311 g/mol. The van der Waals surface area contributed by atoms with E-state index in [-0.39, 0.29) is 14.9 Å². The van der Waals surface area contributed by atoms with Crippen LogP contribution < -0.4 is 5.73 Å². The Hall–Kier alpha value is -0.490. The van der Waals surface area contributed by atoms with Gasteiger partial charge < -0.3 is 5.73 Å². The quantitative estimate of drug-likeness (QED) is 0.850. The number of halogens is 2. The second kappa shape index (κ2) is 6.10. The van der Waals surface area contributed by atoms with Gasteiger partial charge in [-0.25, -0.2) is 12.7 Å². The third-order valence-corrected chi connectivity index (χ3v) is 5.29. The molecule has 0 aliphatic rings. The molecule has 18 heavy (non-hydrogen) atoms. The molecule has 1 aromatic carbocycles. The van der Waals surface area contributed by atoms with Crippen LogP contribution in [0.5, 0.6) is 0 Å². The molecule has 0 amide bonds. The van der Waals surface area contributed by atoms with E-state index in [0.29, 0.717) is 12.2 Å². The molecule has 1 rings (SSSR count). The standard InChI is InChI=1S/C11H16Cl2N2O2S/c1-3-4-5-15(2)18(16,17)11-9(12)6-8(14)7-10(11)13/h6-7H,3-5,14H2,1-2H3. The van der Waals surface area contributed by atoms with Crippen molar-refractivity contribution in [3.05, 3.63) is 22.2 Å². The van der Waals surface area contributed by atoms with Crippen LogP contribution in [0.4, 0.5) is 5.69 Å². The molecule has 0 saturated heterocycles. The Labute approximate surface area is 118 Å². The smallest absolute Gasteiger partial charge is 0.245 e. The fourth-order valence-corrected chi connectivity index (χ4v) is 3.86. The molecule has 2 N–H and O–H groups in total. The molecule has 0 spiro atoms. The summed E-state index contributed by atoms with van der Waals surface area (Å²) >= 11 is 11.9. The Morgan fingerprint density at radius 2 is 1.78 bits per heavy atom. The molecule has 0 radical (unpaired) electrons. The molecule has 0 aliphatic heterocycles. The first kappa shape index (κ1) is 15.6. The lowest BCUT2D eigenvalue weighted by molar-refractivity contribution is 0.459. The minimum absolute atomic E-state index is 0.0448. The first-order valence-corrected chi connectivity index (χ1v) is 7.71. The number of hydrogen-bond donors (Lipinski definition) is 1. The fraction of sp³-hybridized carbons (Fsp3) is 0.455. The van der Waals surface area contributed by atoms with E-state index in [1.807, 2.05) is 6.92 Å². The number of benzene rings is 1. The van der Waals surface area contributed by atoms with Crippen molar-refractivity contribution < 1.29 is 8.42 Å². The van der Waals surface area contributed by atoms with Crippen LogP contribution in [0.25, 0.3) is 0 Å². The van der Waals surface area contributed by atoms with E-state index in [0.717, 1.165) is 12.8 Å². The highest BCUT2D eigenvalue weighted by Crippen LogP contribution is 2.33. The third kappa shape index (κ3) is 3.29. The number of anilines is 1. The zero-order valence-corrected chi connectivity index (χ0v) is 12.6. The highest BCUT2D eigenvalue weighted by atomic mass is 35.5. The summed E-state index contributed by atoms with van der Waals surface area (Å²) in [5.74, 6) is 0. The van der Waals surface area contributed by atoms with E-state index in [9.17, 15) is 8.42 Å². The lowest BCUT2D eigenvalue weighted by Crippen LogP contribution is -2.28. The van der Waals surface area contributed by atoms with Gasteiger partial charge in [-0.2, -0.15) is 0 Å². The van der Waals surface area contributed by atoms with Gasteiger partial charge in [0.15, 0.2) is 0 Å². The van der Waals surface area contributed by atoms with E-state index >= 15 is 0 Å². The van der Waals surface area contributed by atoms with Gasteiger partial charge in [0.2, 0.25) is 10.0 Å². The highest BCUT2D eigenvalue weighted by Gasteiger charge is 2.26. The summed E-state index contributed by atoms with van der Waals surface area (Å²) in [4.78, 5) is -0.0846. The third-order valence-electron chi connectivity index (χ3n) is 2.52. The number of nitrogens with two attached hydrogens (primary N) is 1. The van der Waals surface area contributed by atoms with Crippen molar-refractivity contribution in [2.75, 3.05) is 19.3 Å². The zero-order valence-electron chi connectivity index (χ0n) is 10.3. The van der Waals surface area contributed by atoms with Crippen molar-refractivity contribution in [3.8, 4) is 0 Å². The summed E-state index contributed by atoms with van der Waals surface area (Å²) in [6.45, 7) is 2.42. The van der Waals surface area contributed by atoms with E-state index < -0.39 is 10.0 Å². The lowest BCUT2D eigenvalue weighted by Gasteiger charge is -2.18. The monoisotopic (exact) mass is 310 g/mol. The van der Waals surface area contributed by atoms with Crippen LogP contribution in [0.2, 0.25) is 10.0 Å². The molecule has 1 aromatic rings. The van der Waals surface area contributed by atoms with Crippen molar-refractivity contribution in [3.63, 3.8) is 0 Å². The lowest BCUT2D eigenvalue weighted by atomic mass is 10.3. The maximum absolute atomic E-state index is 12.3. The predicted molar refractivity (Wildman–Crippen MR) is 75.6 cm³/mol. The van der Waals surface area contributed by atoms with Gasteiger partial charge in [-0.3, -0.25) is 0 Å². The normalized spacial score (nSPS) is 12.1. The number of unbranched alkanes of at least 4 members (excludes halogenated alkanes) is 1. The molecule has 102 valence electrons. The summed E-state index contributed by atoms with van der Waals surface area (Å²) in [5, 5.41) is 0.0895. The number of sulfonamides is 1. The van der Waals surface area contributed by atoms with Crippen molar-refractivity contribution in [1.29, 1.82) is 0 Å². The van der Waals surface area contributed by atoms with Crippen molar-refractivity contribution >= 4 is 38.9 Å². The van der Waals surface area contributed by atoms with E-state index in [4.69, 9.17) is 28.9 Å². The van der Waals surface area contributed by atoms with Gasteiger partial charge in [-0.1, -0.05) is 36.5 Å². The van der Waals surface area contributed by atoms with Gasteiger partial charge >= 0.3 is 0 Å². The summed E-state index contributed by atoms with van der Waals surface area (Å²) in [6.07, 6.45) is 1.68. The average Bonchev–Trinajstić information content (AvgIpc) is 2.23. The summed E-state index contributed by atoms with van der Waals surface area (Å²) in [7, 11) is -2.17. The van der Waals surface area contributed by atoms with Crippen LogP contribution >= 0.6 is 23.2 Å². The second-order valence-electron chi connectivity index (χ2n) is 3.99. The van der Waals surface area contributed by atoms with E-state index in [2.05, 4.69) is 0 Å². The van der Waals surface area contributed by atoms with E-state index in [1.54, 1.807) is 0 Å². The van der Waals surface area contributed by atoms with Crippen molar-refractivity contribution in [1.82, 2.24) is 4.31 Å². The first-order chi connectivity index (χ1) is 8.30. The van der Waals surface area contributed by atoms with Gasteiger partial charge in [0, 0.05) is 19.3 Å². The van der Waals surface area contributed by atoms with Crippen LogP contribution in [0.15, 0.2) is 17.0 Å². The summed E-state index contributed by atoms with van der Waals surface area (Å²) < 4.78 is 25.9. The maximum Gasteiger partial charge on any atom is 0.245 e. The Morgan fingerprint density at radius 3 is 2.22 bits per heavy atom. The van der Waals surface area contributed by atoms with Crippen LogP contribution in [0, 0.1) is 0 Å². The number of hydrogen-bond acceptors (Lipinski definition) is 3. The molecule has 0 atom stereocenters. The zero-order chi connectivity index (χ0) is 13.9. The second-order valence-corrected chi connectivity index (χ2v) is 6.79. The summed E-state index contributed by atoms with van der Waals surface area (Å²) in [5.41, 5.74) is 5.88. The minimum atomic E-state index is -3.68. The molecule has 0 unspecified atom stereocenters. The Kier molecular flexibility index (Phi) is 5.28. The molecule has 0 saturated carbocycles. The van der Waals surface area contributed by atoms with Crippen LogP contribution in [-0.4, -0.2) is 26.3 Å². The van der Waals surface area contributed by atoms with E-state index in [1.165, 1.54) is 23.5 Å². The largest absolute Gasteiger partial charge is 0.399 e. The Morgan fingerprint density at radius 1 is 1.28 bits per heavy atom. The maximum atomic E-state index is 12.3. The van der Waals surface area contributed by atoms with Gasteiger partial charge in [0.25, 0.3) is 0 Å². The molecular formula is C11H16Cl2N2O2S. The molecule has 0 aromatic heterocycles. The van der Waals surface area contributed by atoms with Crippen LogP contribution in [0.3, 0.4) is 0 Å². The van der Waals surface area contributed by atoms with Crippen molar-refractivity contribution in [2.45, 2.75) is 24.7 Å². The predicted octanol–water partition coefficient (Wildman–Crippen LogP) is 3.00. The van der Waals surface area contributed by atoms with Crippen molar-refractivity contribution in [2.24, 2.45) is 0 Å². The molecule has 4 nitrogen and oxygen atoms in total. The molecule has 0 bridgehead atoms. The Bertz CT molecular complexity index is 509. The van der Waals surface area contributed by atoms with Crippen LogP contribution in [-0.2, 0) is 10.0 Å².